The number of piperidine rings is 1. The normalized spacial score (nSPS) is 35.9. The van der Waals surface area contributed by atoms with E-state index in [1.54, 1.807) is 0 Å². The Bertz CT molecular complexity index is 187. The largest absolute Gasteiger partial charge is 0.302 e. The first-order valence-corrected chi connectivity index (χ1v) is 4.80. The van der Waals surface area contributed by atoms with Gasteiger partial charge in [0.25, 0.3) is 0 Å². The van der Waals surface area contributed by atoms with Crippen LogP contribution < -0.4 is 0 Å². The van der Waals surface area contributed by atoms with Gasteiger partial charge in [-0.1, -0.05) is 5.92 Å². The van der Waals surface area contributed by atoms with Crippen LogP contribution in [0.4, 0.5) is 0 Å². The molecule has 0 unspecified atom stereocenters. The molecule has 0 aromatic carbocycles. The van der Waals surface area contributed by atoms with Crippen LogP contribution >= 0.6 is 0 Å². The molecule has 0 aliphatic carbocycles. The van der Waals surface area contributed by atoms with Crippen LogP contribution in [0.15, 0.2) is 0 Å². The Morgan fingerprint density at radius 1 is 1.17 bits per heavy atom. The SMILES string of the molecule is C#CCN1CCN2CCC1CC2. The van der Waals surface area contributed by atoms with Gasteiger partial charge in [-0.2, -0.15) is 0 Å². The van der Waals surface area contributed by atoms with Gasteiger partial charge >= 0.3 is 0 Å². The summed E-state index contributed by atoms with van der Waals surface area (Å²) in [5.74, 6) is 2.76. The van der Waals surface area contributed by atoms with E-state index >= 15 is 0 Å². The average Bonchev–Trinajstić information content (AvgIpc) is 2.40. The van der Waals surface area contributed by atoms with Crippen molar-refractivity contribution >= 4 is 0 Å². The van der Waals surface area contributed by atoms with Crippen LogP contribution in [0.5, 0.6) is 0 Å². The molecule has 2 nitrogen and oxygen atoms in total. The molecule has 0 N–H and O–H groups in total. The van der Waals surface area contributed by atoms with E-state index in [0.717, 1.165) is 12.6 Å². The van der Waals surface area contributed by atoms with Crippen LogP contribution in [-0.2, 0) is 0 Å². The van der Waals surface area contributed by atoms with Crippen molar-refractivity contribution in [3.05, 3.63) is 0 Å². The maximum atomic E-state index is 5.34. The van der Waals surface area contributed by atoms with Crippen LogP contribution in [-0.4, -0.2) is 48.6 Å². The lowest BCUT2D eigenvalue weighted by Gasteiger charge is -2.30. The maximum absolute atomic E-state index is 5.34. The first-order chi connectivity index (χ1) is 5.90. The number of hydrogen-bond donors (Lipinski definition) is 0. The molecule has 3 heterocycles. The van der Waals surface area contributed by atoms with Gasteiger partial charge in [-0.25, -0.2) is 0 Å². The molecule has 3 saturated heterocycles. The minimum absolute atomic E-state index is 0.778. The van der Waals surface area contributed by atoms with E-state index in [9.17, 15) is 0 Å². The molecule has 2 bridgehead atoms. The van der Waals surface area contributed by atoms with Crippen molar-refractivity contribution in [1.82, 2.24) is 9.80 Å². The van der Waals surface area contributed by atoms with E-state index in [4.69, 9.17) is 6.42 Å². The van der Waals surface area contributed by atoms with E-state index in [-0.39, 0.29) is 0 Å². The van der Waals surface area contributed by atoms with Crippen molar-refractivity contribution in [3.8, 4) is 12.3 Å². The number of hydrogen-bond acceptors (Lipinski definition) is 2. The molecule has 66 valence electrons. The van der Waals surface area contributed by atoms with Gasteiger partial charge < -0.3 is 4.90 Å². The molecule has 3 aliphatic heterocycles. The van der Waals surface area contributed by atoms with E-state index in [1.807, 2.05) is 0 Å². The molecule has 3 rings (SSSR count). The van der Waals surface area contributed by atoms with E-state index in [1.165, 1.54) is 39.0 Å². The summed E-state index contributed by atoms with van der Waals surface area (Å²) >= 11 is 0. The standard InChI is InChI=1S/C10H16N2/c1-2-5-12-9-8-11-6-3-10(12)4-7-11/h1,10H,3-9H2. The molecular weight excluding hydrogens is 148 g/mol. The molecule has 0 spiro atoms. The minimum Gasteiger partial charge on any atom is -0.302 e. The highest BCUT2D eigenvalue weighted by Crippen LogP contribution is 2.19. The number of terminal acetylenes is 1. The Balaban J connectivity index is 2.01. The predicted molar refractivity (Wildman–Crippen MR) is 49.9 cm³/mol. The van der Waals surface area contributed by atoms with Gasteiger partial charge in [0.2, 0.25) is 0 Å². The van der Waals surface area contributed by atoms with Crippen molar-refractivity contribution in [2.24, 2.45) is 0 Å². The summed E-state index contributed by atoms with van der Waals surface area (Å²) in [5, 5.41) is 0. The fourth-order valence-corrected chi connectivity index (χ4v) is 2.29. The van der Waals surface area contributed by atoms with Gasteiger partial charge in [0.15, 0.2) is 0 Å². The Morgan fingerprint density at radius 2 is 1.92 bits per heavy atom. The van der Waals surface area contributed by atoms with E-state index < -0.39 is 0 Å². The molecule has 0 atom stereocenters. The van der Waals surface area contributed by atoms with Crippen molar-refractivity contribution in [2.45, 2.75) is 18.9 Å². The summed E-state index contributed by atoms with van der Waals surface area (Å²) in [4.78, 5) is 5.01. The highest BCUT2D eigenvalue weighted by molar-refractivity contribution is 4.93. The maximum Gasteiger partial charge on any atom is 0.0601 e. The van der Waals surface area contributed by atoms with Crippen LogP contribution in [0.25, 0.3) is 0 Å². The lowest BCUT2D eigenvalue weighted by Crippen LogP contribution is -2.37. The summed E-state index contributed by atoms with van der Waals surface area (Å²) < 4.78 is 0. The summed E-state index contributed by atoms with van der Waals surface area (Å²) in [6, 6.07) is 0.778. The highest BCUT2D eigenvalue weighted by Gasteiger charge is 2.27. The lowest BCUT2D eigenvalue weighted by atomic mass is 10.1. The molecule has 0 aromatic rings. The van der Waals surface area contributed by atoms with Gasteiger partial charge in [0.1, 0.15) is 0 Å². The molecule has 0 amide bonds. The van der Waals surface area contributed by atoms with Crippen LogP contribution in [0, 0.1) is 12.3 Å². The molecule has 3 fully saturated rings. The fourth-order valence-electron chi connectivity index (χ4n) is 2.29. The molecular formula is C10H16N2. The second-order valence-electron chi connectivity index (χ2n) is 3.75. The molecule has 0 radical (unpaired) electrons. The Morgan fingerprint density at radius 3 is 2.58 bits per heavy atom. The Kier molecular flexibility index (Phi) is 2.34. The number of rotatable bonds is 1. The molecule has 12 heavy (non-hydrogen) atoms. The van der Waals surface area contributed by atoms with Crippen LogP contribution in [0.2, 0.25) is 0 Å². The third-order valence-corrected chi connectivity index (χ3v) is 3.07. The lowest BCUT2D eigenvalue weighted by molar-refractivity contribution is 0.198. The second-order valence-corrected chi connectivity index (χ2v) is 3.75. The quantitative estimate of drug-likeness (QED) is 0.518. The van der Waals surface area contributed by atoms with Gasteiger partial charge in [-0.15, -0.1) is 6.42 Å². The summed E-state index contributed by atoms with van der Waals surface area (Å²) in [6.45, 7) is 5.81. The summed E-state index contributed by atoms with van der Waals surface area (Å²) in [5.41, 5.74) is 0. The number of fused-ring (bicyclic) bond motifs is 4. The van der Waals surface area contributed by atoms with Gasteiger partial charge in [0, 0.05) is 19.1 Å². The molecule has 3 aliphatic rings. The van der Waals surface area contributed by atoms with Crippen molar-refractivity contribution in [3.63, 3.8) is 0 Å². The topological polar surface area (TPSA) is 6.48 Å². The highest BCUT2D eigenvalue weighted by atomic mass is 15.3. The smallest absolute Gasteiger partial charge is 0.0601 e. The summed E-state index contributed by atoms with van der Waals surface area (Å²) in [6.07, 6.45) is 7.98. The predicted octanol–water partition coefficient (Wildman–Crippen LogP) is 0.400. The third-order valence-electron chi connectivity index (χ3n) is 3.07. The first-order valence-electron chi connectivity index (χ1n) is 4.80. The third kappa shape index (κ3) is 1.48. The van der Waals surface area contributed by atoms with Crippen molar-refractivity contribution < 1.29 is 0 Å². The Labute approximate surface area is 74.5 Å². The van der Waals surface area contributed by atoms with Gasteiger partial charge in [-0.3, -0.25) is 4.90 Å². The monoisotopic (exact) mass is 164 g/mol. The Hall–Kier alpha value is -0.520. The minimum atomic E-state index is 0.778. The zero-order chi connectivity index (χ0) is 8.39. The van der Waals surface area contributed by atoms with Crippen LogP contribution in [0.1, 0.15) is 12.8 Å². The van der Waals surface area contributed by atoms with Gasteiger partial charge in [0.05, 0.1) is 6.54 Å². The summed E-state index contributed by atoms with van der Waals surface area (Å²) in [7, 11) is 0. The zero-order valence-electron chi connectivity index (χ0n) is 7.50. The van der Waals surface area contributed by atoms with E-state index in [0.29, 0.717) is 0 Å². The average molecular weight is 164 g/mol. The van der Waals surface area contributed by atoms with E-state index in [2.05, 4.69) is 15.7 Å². The molecule has 0 saturated carbocycles. The van der Waals surface area contributed by atoms with Crippen LogP contribution in [0.3, 0.4) is 0 Å². The van der Waals surface area contributed by atoms with Crippen molar-refractivity contribution in [2.75, 3.05) is 32.7 Å². The number of nitrogens with zero attached hydrogens (tertiary/aromatic N) is 2. The second kappa shape index (κ2) is 3.47. The van der Waals surface area contributed by atoms with Crippen molar-refractivity contribution in [1.29, 1.82) is 0 Å². The van der Waals surface area contributed by atoms with Gasteiger partial charge in [-0.05, 0) is 25.9 Å². The first kappa shape index (κ1) is 8.10. The zero-order valence-corrected chi connectivity index (χ0v) is 7.50. The molecule has 2 heteroatoms. The fraction of sp³-hybridized carbons (Fsp3) is 0.800. The molecule has 0 aromatic heterocycles.